The van der Waals surface area contributed by atoms with Gasteiger partial charge < -0.3 is 10.6 Å². The number of anilines is 1. The van der Waals surface area contributed by atoms with Crippen LogP contribution in [0.4, 0.5) is 5.69 Å². The maximum Gasteiger partial charge on any atom is 0.253 e. The Balaban J connectivity index is 1.42. The Kier molecular flexibility index (Phi) is 5.21. The van der Waals surface area contributed by atoms with Gasteiger partial charge in [-0.1, -0.05) is 37.3 Å². The van der Waals surface area contributed by atoms with Gasteiger partial charge in [-0.2, -0.15) is 0 Å². The lowest BCUT2D eigenvalue weighted by Crippen LogP contribution is -2.36. The molecule has 3 aliphatic carbocycles. The van der Waals surface area contributed by atoms with Crippen LogP contribution in [0.2, 0.25) is 5.02 Å². The summed E-state index contributed by atoms with van der Waals surface area (Å²) in [6, 6.07) is 5.43. The molecular formula is C21H27ClN2O2. The SMILES string of the molecule is O=C(NC1CCCCC1)c1cc(NC(=O)C2CC3CCC2C3)ccc1Cl. The van der Waals surface area contributed by atoms with E-state index in [9.17, 15) is 9.59 Å². The second-order valence-electron chi connectivity index (χ2n) is 8.27. The standard InChI is InChI=1S/C21H27ClN2O2/c22-19-9-8-16(24-20(25)17-11-13-6-7-14(17)10-13)12-18(19)21(26)23-15-4-2-1-3-5-15/h8-9,12-15,17H,1-7,10-11H2,(H,23,26)(H,24,25). The second kappa shape index (κ2) is 7.59. The minimum atomic E-state index is -0.141. The second-order valence-corrected chi connectivity index (χ2v) is 8.68. The molecule has 0 saturated heterocycles. The average Bonchev–Trinajstić information content (AvgIpc) is 3.27. The summed E-state index contributed by atoms with van der Waals surface area (Å²) >= 11 is 6.25. The van der Waals surface area contributed by atoms with Crippen molar-refractivity contribution in [1.82, 2.24) is 5.32 Å². The van der Waals surface area contributed by atoms with E-state index in [1.54, 1.807) is 18.2 Å². The van der Waals surface area contributed by atoms with Gasteiger partial charge in [-0.05, 0) is 62.1 Å². The average molecular weight is 375 g/mol. The van der Waals surface area contributed by atoms with E-state index in [0.29, 0.717) is 22.2 Å². The first-order valence-electron chi connectivity index (χ1n) is 10.0. The highest BCUT2D eigenvalue weighted by Crippen LogP contribution is 2.48. The molecule has 1 aromatic rings. The fraction of sp³-hybridized carbons (Fsp3) is 0.619. The Hall–Kier alpha value is -1.55. The third kappa shape index (κ3) is 3.75. The summed E-state index contributed by atoms with van der Waals surface area (Å²) in [6.07, 6.45) is 10.3. The van der Waals surface area contributed by atoms with Gasteiger partial charge in [0.05, 0.1) is 10.6 Å². The van der Waals surface area contributed by atoms with Crippen LogP contribution in [0, 0.1) is 17.8 Å². The molecule has 3 fully saturated rings. The Bertz CT molecular complexity index is 699. The molecule has 0 heterocycles. The van der Waals surface area contributed by atoms with Crippen molar-refractivity contribution in [1.29, 1.82) is 0 Å². The number of nitrogens with one attached hydrogen (secondary N) is 2. The zero-order valence-corrected chi connectivity index (χ0v) is 15.9. The molecule has 3 aliphatic rings. The monoisotopic (exact) mass is 374 g/mol. The number of hydrogen-bond donors (Lipinski definition) is 2. The van der Waals surface area contributed by atoms with Gasteiger partial charge in [0, 0.05) is 17.6 Å². The summed E-state index contributed by atoms with van der Waals surface area (Å²) in [7, 11) is 0. The maximum absolute atomic E-state index is 12.6. The third-order valence-corrected chi connectivity index (χ3v) is 6.82. The Morgan fingerprint density at radius 2 is 1.81 bits per heavy atom. The van der Waals surface area contributed by atoms with Crippen molar-refractivity contribution in [3.8, 4) is 0 Å². The normalized spacial score (nSPS) is 28.1. The Morgan fingerprint density at radius 3 is 2.50 bits per heavy atom. The summed E-state index contributed by atoms with van der Waals surface area (Å²) in [5, 5.41) is 6.54. The largest absolute Gasteiger partial charge is 0.349 e. The molecule has 26 heavy (non-hydrogen) atoms. The van der Waals surface area contributed by atoms with Gasteiger partial charge in [0.2, 0.25) is 5.91 Å². The first-order valence-corrected chi connectivity index (χ1v) is 10.4. The number of fused-ring (bicyclic) bond motifs is 2. The highest BCUT2D eigenvalue weighted by atomic mass is 35.5. The smallest absolute Gasteiger partial charge is 0.253 e. The van der Waals surface area contributed by atoms with Gasteiger partial charge >= 0.3 is 0 Å². The van der Waals surface area contributed by atoms with Crippen molar-refractivity contribution < 1.29 is 9.59 Å². The van der Waals surface area contributed by atoms with E-state index in [2.05, 4.69) is 10.6 Å². The molecule has 5 heteroatoms. The summed E-state index contributed by atoms with van der Waals surface area (Å²) in [5.74, 6) is 1.36. The number of halogens is 1. The number of carbonyl (C=O) groups excluding carboxylic acids is 2. The summed E-state index contributed by atoms with van der Waals surface area (Å²) in [5.41, 5.74) is 1.11. The van der Waals surface area contributed by atoms with Crippen molar-refractivity contribution in [2.45, 2.75) is 63.8 Å². The lowest BCUT2D eigenvalue weighted by molar-refractivity contribution is -0.121. The molecule has 4 rings (SSSR count). The number of benzene rings is 1. The molecular weight excluding hydrogens is 348 g/mol. The van der Waals surface area contributed by atoms with E-state index in [-0.39, 0.29) is 23.8 Å². The number of hydrogen-bond acceptors (Lipinski definition) is 2. The van der Waals surface area contributed by atoms with Gasteiger partial charge in [0.25, 0.3) is 5.91 Å². The summed E-state index contributed by atoms with van der Waals surface area (Å²) in [4.78, 5) is 25.3. The molecule has 1 aromatic carbocycles. The highest BCUT2D eigenvalue weighted by molar-refractivity contribution is 6.34. The molecule has 0 radical (unpaired) electrons. The lowest BCUT2D eigenvalue weighted by Gasteiger charge is -2.23. The number of carbonyl (C=O) groups is 2. The quantitative estimate of drug-likeness (QED) is 0.796. The van der Waals surface area contributed by atoms with Crippen LogP contribution in [-0.2, 0) is 4.79 Å². The van der Waals surface area contributed by atoms with Gasteiger partial charge in [0.15, 0.2) is 0 Å². The van der Waals surface area contributed by atoms with Crippen LogP contribution in [-0.4, -0.2) is 17.9 Å². The van der Waals surface area contributed by atoms with Gasteiger partial charge in [-0.25, -0.2) is 0 Å². The van der Waals surface area contributed by atoms with Gasteiger partial charge in [-0.15, -0.1) is 0 Å². The topological polar surface area (TPSA) is 58.2 Å². The molecule has 3 unspecified atom stereocenters. The van der Waals surface area contributed by atoms with Crippen molar-refractivity contribution in [2.75, 3.05) is 5.32 Å². The molecule has 140 valence electrons. The van der Waals surface area contributed by atoms with Crippen LogP contribution in [0.5, 0.6) is 0 Å². The van der Waals surface area contributed by atoms with Crippen LogP contribution in [0.1, 0.15) is 68.1 Å². The van der Waals surface area contributed by atoms with Gasteiger partial charge in [0.1, 0.15) is 0 Å². The molecule has 4 nitrogen and oxygen atoms in total. The minimum absolute atomic E-state index is 0.0955. The van der Waals surface area contributed by atoms with E-state index in [1.807, 2.05) is 0 Å². The van der Waals surface area contributed by atoms with E-state index in [1.165, 1.54) is 38.5 Å². The maximum atomic E-state index is 12.6. The van der Waals surface area contributed by atoms with Crippen LogP contribution in [0.25, 0.3) is 0 Å². The minimum Gasteiger partial charge on any atom is -0.349 e. The van der Waals surface area contributed by atoms with E-state index in [4.69, 9.17) is 11.6 Å². The fourth-order valence-corrected chi connectivity index (χ4v) is 5.29. The van der Waals surface area contributed by atoms with E-state index >= 15 is 0 Å². The zero-order valence-electron chi connectivity index (χ0n) is 15.1. The highest BCUT2D eigenvalue weighted by Gasteiger charge is 2.43. The Labute approximate surface area is 160 Å². The molecule has 0 spiro atoms. The summed E-state index contributed by atoms with van der Waals surface area (Å²) < 4.78 is 0. The molecule has 0 aromatic heterocycles. The van der Waals surface area contributed by atoms with Gasteiger partial charge in [-0.3, -0.25) is 9.59 Å². The van der Waals surface area contributed by atoms with Crippen molar-refractivity contribution in [3.63, 3.8) is 0 Å². The summed E-state index contributed by atoms with van der Waals surface area (Å²) in [6.45, 7) is 0. The lowest BCUT2D eigenvalue weighted by atomic mass is 9.88. The van der Waals surface area contributed by atoms with Crippen molar-refractivity contribution in [3.05, 3.63) is 28.8 Å². The third-order valence-electron chi connectivity index (χ3n) is 6.49. The number of amides is 2. The van der Waals surface area contributed by atoms with E-state index < -0.39 is 0 Å². The molecule has 2 bridgehead atoms. The van der Waals surface area contributed by atoms with Crippen LogP contribution in [0.3, 0.4) is 0 Å². The Morgan fingerprint density at radius 1 is 1.00 bits per heavy atom. The van der Waals surface area contributed by atoms with E-state index in [0.717, 1.165) is 25.2 Å². The molecule has 2 amide bonds. The predicted molar refractivity (Wildman–Crippen MR) is 103 cm³/mol. The first kappa shape index (κ1) is 17.8. The number of rotatable bonds is 4. The zero-order chi connectivity index (χ0) is 18.1. The molecule has 3 saturated carbocycles. The van der Waals surface area contributed by atoms with Crippen LogP contribution >= 0.6 is 11.6 Å². The molecule has 2 N–H and O–H groups in total. The van der Waals surface area contributed by atoms with Crippen molar-refractivity contribution >= 4 is 29.1 Å². The predicted octanol–water partition coefficient (Wildman–Crippen LogP) is 4.78. The first-order chi connectivity index (χ1) is 12.6. The van der Waals surface area contributed by atoms with Crippen LogP contribution < -0.4 is 10.6 Å². The molecule has 3 atom stereocenters. The molecule has 0 aliphatic heterocycles. The van der Waals surface area contributed by atoms with Crippen molar-refractivity contribution in [2.24, 2.45) is 17.8 Å². The van der Waals surface area contributed by atoms with Crippen LogP contribution in [0.15, 0.2) is 18.2 Å². The fourth-order valence-electron chi connectivity index (χ4n) is 5.09.